The normalized spacial score (nSPS) is 34.2. The topological polar surface area (TPSA) is 40.5 Å². The summed E-state index contributed by atoms with van der Waals surface area (Å²) in [5.41, 5.74) is 0. The SMILES string of the molecule is OC1=CCC(O)(Br)C=C1. The molecule has 1 atom stereocenters. The summed E-state index contributed by atoms with van der Waals surface area (Å²) in [6.45, 7) is 0. The second-order valence-electron chi connectivity index (χ2n) is 1.99. The summed E-state index contributed by atoms with van der Waals surface area (Å²) < 4.78 is -0.945. The number of hydrogen-bond donors (Lipinski definition) is 2. The zero-order valence-corrected chi connectivity index (χ0v) is 6.30. The molecule has 0 spiro atoms. The number of alkyl halides is 1. The Hall–Kier alpha value is -0.280. The van der Waals surface area contributed by atoms with Crippen LogP contribution in [0.3, 0.4) is 0 Å². The van der Waals surface area contributed by atoms with Crippen molar-refractivity contribution < 1.29 is 10.2 Å². The Morgan fingerprint density at radius 3 is 2.67 bits per heavy atom. The van der Waals surface area contributed by atoms with E-state index in [2.05, 4.69) is 15.9 Å². The number of hydrogen-bond acceptors (Lipinski definition) is 2. The average molecular weight is 191 g/mol. The first-order valence-corrected chi connectivity index (χ1v) is 3.39. The lowest BCUT2D eigenvalue weighted by Gasteiger charge is -2.16. The maximum absolute atomic E-state index is 9.17. The maximum atomic E-state index is 9.17. The van der Waals surface area contributed by atoms with Gasteiger partial charge in [0.15, 0.2) is 0 Å². The predicted octanol–water partition coefficient (Wildman–Crippen LogP) is 1.47. The Bertz CT molecular complexity index is 170. The Kier molecular flexibility index (Phi) is 1.64. The van der Waals surface area contributed by atoms with Crippen molar-refractivity contribution in [1.29, 1.82) is 0 Å². The van der Waals surface area contributed by atoms with Gasteiger partial charge in [-0.2, -0.15) is 0 Å². The molecule has 2 N–H and O–H groups in total. The first-order chi connectivity index (χ1) is 4.10. The second kappa shape index (κ2) is 2.15. The summed E-state index contributed by atoms with van der Waals surface area (Å²) in [6.07, 6.45) is 4.92. The van der Waals surface area contributed by atoms with Crippen molar-refractivity contribution in [3.63, 3.8) is 0 Å². The van der Waals surface area contributed by atoms with E-state index in [1.54, 1.807) is 6.08 Å². The summed E-state index contributed by atoms with van der Waals surface area (Å²) in [4.78, 5) is 0. The highest BCUT2D eigenvalue weighted by atomic mass is 79.9. The van der Waals surface area contributed by atoms with E-state index in [0.29, 0.717) is 6.42 Å². The third-order valence-electron chi connectivity index (χ3n) is 1.11. The molecule has 0 bridgehead atoms. The van der Waals surface area contributed by atoms with Crippen LogP contribution in [0.5, 0.6) is 0 Å². The van der Waals surface area contributed by atoms with Crippen molar-refractivity contribution in [3.8, 4) is 0 Å². The molecule has 0 radical (unpaired) electrons. The fraction of sp³-hybridized carbons (Fsp3) is 0.333. The van der Waals surface area contributed by atoms with Crippen LogP contribution in [0.1, 0.15) is 6.42 Å². The van der Waals surface area contributed by atoms with Crippen LogP contribution >= 0.6 is 15.9 Å². The van der Waals surface area contributed by atoms with Gasteiger partial charge in [-0.25, -0.2) is 0 Å². The van der Waals surface area contributed by atoms with Gasteiger partial charge in [0.05, 0.1) is 0 Å². The van der Waals surface area contributed by atoms with Crippen LogP contribution in [0.15, 0.2) is 24.0 Å². The fourth-order valence-electron chi connectivity index (χ4n) is 0.597. The molecule has 0 aromatic rings. The predicted molar refractivity (Wildman–Crippen MR) is 38.3 cm³/mol. The monoisotopic (exact) mass is 190 g/mol. The molecule has 1 aliphatic rings. The number of aliphatic hydroxyl groups is 2. The molecule has 0 aromatic heterocycles. The minimum Gasteiger partial charge on any atom is -0.508 e. The van der Waals surface area contributed by atoms with Gasteiger partial charge in [-0.3, -0.25) is 0 Å². The molecule has 0 aliphatic heterocycles. The van der Waals surface area contributed by atoms with Gasteiger partial charge in [0.25, 0.3) is 0 Å². The molecule has 0 aromatic carbocycles. The number of rotatable bonds is 0. The lowest BCUT2D eigenvalue weighted by atomic mass is 10.1. The first-order valence-electron chi connectivity index (χ1n) is 2.60. The molecule has 2 nitrogen and oxygen atoms in total. The highest BCUT2D eigenvalue weighted by molar-refractivity contribution is 9.10. The molecule has 0 saturated carbocycles. The molecule has 0 fully saturated rings. The quantitative estimate of drug-likeness (QED) is 0.569. The zero-order valence-electron chi connectivity index (χ0n) is 4.71. The highest BCUT2D eigenvalue weighted by Crippen LogP contribution is 2.25. The molecule has 0 heterocycles. The molecular weight excluding hydrogens is 184 g/mol. The molecule has 0 amide bonds. The van der Waals surface area contributed by atoms with Crippen molar-refractivity contribution in [1.82, 2.24) is 0 Å². The Balaban J connectivity index is 2.70. The summed E-state index contributed by atoms with van der Waals surface area (Å²) in [7, 11) is 0. The summed E-state index contributed by atoms with van der Waals surface area (Å²) in [5.74, 6) is 0.208. The summed E-state index contributed by atoms with van der Waals surface area (Å²) >= 11 is 3.03. The van der Waals surface area contributed by atoms with E-state index in [9.17, 15) is 0 Å². The van der Waals surface area contributed by atoms with Gasteiger partial charge in [-0.1, -0.05) is 0 Å². The standard InChI is InChI=1S/C6H7BrO2/c7-6(9)3-1-5(8)2-4-6/h1-3,8-9H,4H2. The molecule has 1 unspecified atom stereocenters. The van der Waals surface area contributed by atoms with E-state index >= 15 is 0 Å². The van der Waals surface area contributed by atoms with Gasteiger partial charge in [0, 0.05) is 6.42 Å². The first kappa shape index (κ1) is 6.83. The zero-order chi connectivity index (χ0) is 6.91. The van der Waals surface area contributed by atoms with Gasteiger partial charge in [-0.15, -0.1) is 0 Å². The Morgan fingerprint density at radius 2 is 2.33 bits per heavy atom. The fourth-order valence-corrected chi connectivity index (χ4v) is 0.891. The van der Waals surface area contributed by atoms with Crippen molar-refractivity contribution >= 4 is 15.9 Å². The summed E-state index contributed by atoms with van der Waals surface area (Å²) in [6, 6.07) is 0. The molecule has 0 saturated heterocycles. The molecule has 9 heavy (non-hydrogen) atoms. The van der Waals surface area contributed by atoms with Crippen LogP contribution in [-0.2, 0) is 0 Å². The molecular formula is C6H7BrO2. The molecule has 50 valence electrons. The van der Waals surface area contributed by atoms with E-state index in [-0.39, 0.29) is 5.76 Å². The average Bonchev–Trinajstić information content (AvgIpc) is 1.78. The molecule has 1 aliphatic carbocycles. The van der Waals surface area contributed by atoms with Gasteiger partial charge in [0.2, 0.25) is 0 Å². The van der Waals surface area contributed by atoms with Crippen LogP contribution < -0.4 is 0 Å². The summed E-state index contributed by atoms with van der Waals surface area (Å²) in [5, 5.41) is 18.0. The molecule has 1 rings (SSSR count). The third kappa shape index (κ3) is 1.84. The number of aliphatic hydroxyl groups excluding tert-OH is 1. The van der Waals surface area contributed by atoms with Crippen molar-refractivity contribution in [2.75, 3.05) is 0 Å². The largest absolute Gasteiger partial charge is 0.508 e. The van der Waals surface area contributed by atoms with E-state index in [0.717, 1.165) is 0 Å². The Labute approximate surface area is 61.6 Å². The smallest absolute Gasteiger partial charge is 0.142 e. The number of halogens is 1. The van der Waals surface area contributed by atoms with E-state index < -0.39 is 4.51 Å². The van der Waals surface area contributed by atoms with Gasteiger partial charge in [-0.05, 0) is 34.2 Å². The van der Waals surface area contributed by atoms with Crippen LogP contribution in [0, 0.1) is 0 Å². The van der Waals surface area contributed by atoms with Crippen LogP contribution in [0.4, 0.5) is 0 Å². The lowest BCUT2D eigenvalue weighted by Crippen LogP contribution is -2.17. The lowest BCUT2D eigenvalue weighted by molar-refractivity contribution is 0.194. The van der Waals surface area contributed by atoms with Gasteiger partial charge >= 0.3 is 0 Å². The van der Waals surface area contributed by atoms with Crippen molar-refractivity contribution in [2.45, 2.75) is 10.9 Å². The van der Waals surface area contributed by atoms with Crippen molar-refractivity contribution in [3.05, 3.63) is 24.0 Å². The van der Waals surface area contributed by atoms with E-state index in [4.69, 9.17) is 10.2 Å². The van der Waals surface area contributed by atoms with E-state index in [1.807, 2.05) is 0 Å². The van der Waals surface area contributed by atoms with Gasteiger partial charge in [0.1, 0.15) is 10.3 Å². The highest BCUT2D eigenvalue weighted by Gasteiger charge is 2.19. The third-order valence-corrected chi connectivity index (χ3v) is 1.70. The van der Waals surface area contributed by atoms with Crippen LogP contribution in [0.2, 0.25) is 0 Å². The van der Waals surface area contributed by atoms with Crippen molar-refractivity contribution in [2.24, 2.45) is 0 Å². The minimum atomic E-state index is -0.945. The van der Waals surface area contributed by atoms with E-state index in [1.165, 1.54) is 12.2 Å². The van der Waals surface area contributed by atoms with Gasteiger partial charge < -0.3 is 10.2 Å². The maximum Gasteiger partial charge on any atom is 0.142 e. The van der Waals surface area contributed by atoms with Crippen LogP contribution in [0.25, 0.3) is 0 Å². The minimum absolute atomic E-state index is 0.208. The second-order valence-corrected chi connectivity index (χ2v) is 3.36. The Morgan fingerprint density at radius 1 is 1.67 bits per heavy atom. The molecule has 3 heteroatoms. The number of allylic oxidation sites excluding steroid dienone is 1. The van der Waals surface area contributed by atoms with Crippen LogP contribution in [-0.4, -0.2) is 14.7 Å².